The van der Waals surface area contributed by atoms with E-state index >= 15 is 0 Å². The molecule has 1 amide bonds. The number of aromatic nitrogens is 3. The molecule has 1 N–H and O–H groups in total. The van der Waals surface area contributed by atoms with Gasteiger partial charge in [-0.2, -0.15) is 0 Å². The quantitative estimate of drug-likeness (QED) is 0.908. The highest BCUT2D eigenvalue weighted by atomic mass is 16.2. The molecule has 0 aliphatic carbocycles. The van der Waals surface area contributed by atoms with Crippen molar-refractivity contribution < 1.29 is 4.79 Å². The SMILES string of the molecule is CCCc1nc(C(=O)N2CCCC(CC)CC2)n[nH]1. The summed E-state index contributed by atoms with van der Waals surface area (Å²) < 4.78 is 0. The molecule has 1 saturated heterocycles. The first-order valence-corrected chi connectivity index (χ1v) is 7.45. The minimum atomic E-state index is -0.0182. The van der Waals surface area contributed by atoms with Gasteiger partial charge in [0, 0.05) is 19.5 Å². The van der Waals surface area contributed by atoms with Gasteiger partial charge in [0.15, 0.2) is 0 Å². The summed E-state index contributed by atoms with van der Waals surface area (Å²) in [5, 5.41) is 6.91. The highest BCUT2D eigenvalue weighted by Gasteiger charge is 2.23. The van der Waals surface area contributed by atoms with Crippen LogP contribution < -0.4 is 0 Å². The van der Waals surface area contributed by atoms with E-state index in [1.54, 1.807) is 0 Å². The van der Waals surface area contributed by atoms with E-state index in [0.29, 0.717) is 5.82 Å². The van der Waals surface area contributed by atoms with Gasteiger partial charge >= 0.3 is 0 Å². The molecule has 5 heteroatoms. The van der Waals surface area contributed by atoms with Crippen LogP contribution in [0.5, 0.6) is 0 Å². The molecular weight excluding hydrogens is 240 g/mol. The van der Waals surface area contributed by atoms with Crippen LogP contribution in [0.2, 0.25) is 0 Å². The average Bonchev–Trinajstić information content (AvgIpc) is 2.75. The Morgan fingerprint density at radius 2 is 2.21 bits per heavy atom. The second-order valence-electron chi connectivity index (χ2n) is 5.35. The Morgan fingerprint density at radius 1 is 1.37 bits per heavy atom. The molecule has 2 rings (SSSR count). The minimum absolute atomic E-state index is 0.0182. The zero-order chi connectivity index (χ0) is 13.7. The lowest BCUT2D eigenvalue weighted by molar-refractivity contribution is 0.0748. The molecule has 1 aliphatic heterocycles. The molecule has 1 aromatic heterocycles. The molecule has 1 fully saturated rings. The molecule has 19 heavy (non-hydrogen) atoms. The zero-order valence-corrected chi connectivity index (χ0v) is 12.0. The van der Waals surface area contributed by atoms with Crippen LogP contribution in [0.3, 0.4) is 0 Å². The molecule has 0 saturated carbocycles. The maximum atomic E-state index is 12.3. The van der Waals surface area contributed by atoms with Crippen LogP contribution in [-0.4, -0.2) is 39.1 Å². The fourth-order valence-electron chi connectivity index (χ4n) is 2.66. The number of carbonyl (C=O) groups excluding carboxylic acids is 1. The van der Waals surface area contributed by atoms with Gasteiger partial charge in [0.05, 0.1) is 0 Å². The number of hydrogen-bond acceptors (Lipinski definition) is 3. The van der Waals surface area contributed by atoms with E-state index in [4.69, 9.17) is 0 Å². The summed E-state index contributed by atoms with van der Waals surface area (Å²) >= 11 is 0. The third-order valence-electron chi connectivity index (χ3n) is 3.92. The van der Waals surface area contributed by atoms with Crippen LogP contribution in [0.15, 0.2) is 0 Å². The molecule has 106 valence electrons. The number of aryl methyl sites for hydroxylation is 1. The van der Waals surface area contributed by atoms with Crippen molar-refractivity contribution in [1.29, 1.82) is 0 Å². The molecule has 0 aromatic carbocycles. The molecule has 1 aliphatic rings. The number of likely N-dealkylation sites (tertiary alicyclic amines) is 1. The van der Waals surface area contributed by atoms with Crippen molar-refractivity contribution in [2.75, 3.05) is 13.1 Å². The van der Waals surface area contributed by atoms with Crippen molar-refractivity contribution >= 4 is 5.91 Å². The van der Waals surface area contributed by atoms with Crippen molar-refractivity contribution in [3.63, 3.8) is 0 Å². The molecule has 2 heterocycles. The Hall–Kier alpha value is -1.39. The van der Waals surface area contributed by atoms with Crippen molar-refractivity contribution in [3.8, 4) is 0 Å². The third-order valence-corrected chi connectivity index (χ3v) is 3.92. The molecule has 1 aromatic rings. The lowest BCUT2D eigenvalue weighted by atomic mass is 9.98. The summed E-state index contributed by atoms with van der Waals surface area (Å²) in [5.41, 5.74) is 0. The van der Waals surface area contributed by atoms with Gasteiger partial charge in [-0.05, 0) is 31.6 Å². The van der Waals surface area contributed by atoms with Crippen LogP contribution in [0.25, 0.3) is 0 Å². The highest BCUT2D eigenvalue weighted by molar-refractivity contribution is 5.90. The summed E-state index contributed by atoms with van der Waals surface area (Å²) in [6.07, 6.45) is 6.49. The second kappa shape index (κ2) is 6.68. The first kappa shape index (κ1) is 14.0. The monoisotopic (exact) mass is 264 g/mol. The molecule has 1 unspecified atom stereocenters. The topological polar surface area (TPSA) is 61.9 Å². The van der Waals surface area contributed by atoms with E-state index in [1.807, 2.05) is 4.90 Å². The van der Waals surface area contributed by atoms with E-state index in [0.717, 1.165) is 50.5 Å². The number of carbonyl (C=O) groups is 1. The van der Waals surface area contributed by atoms with Crippen LogP contribution >= 0.6 is 0 Å². The van der Waals surface area contributed by atoms with Crippen molar-refractivity contribution in [2.24, 2.45) is 5.92 Å². The standard InChI is InChI=1S/C14H24N4O/c1-3-6-12-15-13(17-16-12)14(19)18-9-5-7-11(4-2)8-10-18/h11H,3-10H2,1-2H3,(H,15,16,17). The maximum absolute atomic E-state index is 12.3. The largest absolute Gasteiger partial charge is 0.336 e. The minimum Gasteiger partial charge on any atom is -0.336 e. The first-order chi connectivity index (χ1) is 9.24. The Labute approximate surface area is 114 Å². The summed E-state index contributed by atoms with van der Waals surface area (Å²) in [6, 6.07) is 0. The Balaban J connectivity index is 1.98. The third kappa shape index (κ3) is 3.55. The van der Waals surface area contributed by atoms with Crippen LogP contribution in [0.1, 0.15) is 62.4 Å². The number of aromatic amines is 1. The summed E-state index contributed by atoms with van der Waals surface area (Å²) in [7, 11) is 0. The maximum Gasteiger partial charge on any atom is 0.293 e. The van der Waals surface area contributed by atoms with E-state index in [2.05, 4.69) is 29.0 Å². The number of hydrogen-bond donors (Lipinski definition) is 1. The van der Waals surface area contributed by atoms with Gasteiger partial charge in [-0.25, -0.2) is 4.98 Å². The molecule has 1 atom stereocenters. The smallest absolute Gasteiger partial charge is 0.293 e. The summed E-state index contributed by atoms with van der Waals surface area (Å²) in [4.78, 5) is 18.5. The number of amides is 1. The Bertz CT molecular complexity index is 415. The predicted octanol–water partition coefficient (Wildman–Crippen LogP) is 2.41. The normalized spacial score (nSPS) is 20.3. The van der Waals surface area contributed by atoms with Gasteiger partial charge in [0.1, 0.15) is 5.82 Å². The van der Waals surface area contributed by atoms with Crippen LogP contribution in [0.4, 0.5) is 0 Å². The average molecular weight is 264 g/mol. The van der Waals surface area contributed by atoms with Crippen molar-refractivity contribution in [3.05, 3.63) is 11.6 Å². The Morgan fingerprint density at radius 3 is 2.95 bits per heavy atom. The van der Waals surface area contributed by atoms with Crippen molar-refractivity contribution in [1.82, 2.24) is 20.1 Å². The fraction of sp³-hybridized carbons (Fsp3) is 0.786. The number of nitrogens with one attached hydrogen (secondary N) is 1. The summed E-state index contributed by atoms with van der Waals surface area (Å²) in [5.74, 6) is 1.89. The fourth-order valence-corrected chi connectivity index (χ4v) is 2.66. The molecular formula is C14H24N4O. The molecule has 0 bridgehead atoms. The van der Waals surface area contributed by atoms with E-state index in [-0.39, 0.29) is 5.91 Å². The lowest BCUT2D eigenvalue weighted by Crippen LogP contribution is -2.32. The van der Waals surface area contributed by atoms with E-state index < -0.39 is 0 Å². The Kier molecular flexibility index (Phi) is 4.93. The molecule has 0 radical (unpaired) electrons. The lowest BCUT2D eigenvalue weighted by Gasteiger charge is -2.18. The predicted molar refractivity (Wildman–Crippen MR) is 73.9 cm³/mol. The van der Waals surface area contributed by atoms with Crippen LogP contribution in [0, 0.1) is 5.92 Å². The number of nitrogens with zero attached hydrogens (tertiary/aromatic N) is 3. The van der Waals surface area contributed by atoms with Crippen molar-refractivity contribution in [2.45, 2.75) is 52.4 Å². The van der Waals surface area contributed by atoms with Gasteiger partial charge in [0.2, 0.25) is 5.82 Å². The molecule has 0 spiro atoms. The van der Waals surface area contributed by atoms with Gasteiger partial charge in [-0.15, -0.1) is 5.10 Å². The highest BCUT2D eigenvalue weighted by Crippen LogP contribution is 2.20. The van der Waals surface area contributed by atoms with Gasteiger partial charge in [-0.1, -0.05) is 20.3 Å². The van der Waals surface area contributed by atoms with Gasteiger partial charge in [0.25, 0.3) is 5.91 Å². The second-order valence-corrected chi connectivity index (χ2v) is 5.35. The van der Waals surface area contributed by atoms with E-state index in [1.165, 1.54) is 12.8 Å². The molecule has 5 nitrogen and oxygen atoms in total. The van der Waals surface area contributed by atoms with Gasteiger partial charge < -0.3 is 4.90 Å². The summed E-state index contributed by atoms with van der Waals surface area (Å²) in [6.45, 7) is 6.00. The van der Waals surface area contributed by atoms with Crippen LogP contribution in [-0.2, 0) is 6.42 Å². The number of rotatable bonds is 4. The number of H-pyrrole nitrogens is 1. The van der Waals surface area contributed by atoms with Gasteiger partial charge in [-0.3, -0.25) is 9.89 Å². The zero-order valence-electron chi connectivity index (χ0n) is 12.0. The first-order valence-electron chi connectivity index (χ1n) is 7.45. The van der Waals surface area contributed by atoms with E-state index in [9.17, 15) is 4.79 Å².